The van der Waals surface area contributed by atoms with Crippen molar-refractivity contribution in [1.82, 2.24) is 4.98 Å². The molecule has 6 heteroatoms. The molecule has 0 spiro atoms. The number of carbonyl (C=O) groups is 1. The van der Waals surface area contributed by atoms with Gasteiger partial charge in [-0.3, -0.25) is 4.98 Å². The maximum Gasteiger partial charge on any atom is 0.337 e. The first-order valence-electron chi connectivity index (χ1n) is 4.72. The molecule has 1 aromatic carbocycles. The molecule has 0 atom stereocenters. The minimum Gasteiger partial charge on any atom is -0.478 e. The molecule has 3 nitrogen and oxygen atoms in total. The van der Waals surface area contributed by atoms with Crippen LogP contribution in [0.4, 0.5) is 0 Å². The number of halogens is 3. The molecule has 0 saturated carbocycles. The van der Waals surface area contributed by atoms with Gasteiger partial charge in [-0.05, 0) is 29.3 Å². The Balaban J connectivity index is 0.00000162. The molecule has 2 rings (SSSR count). The van der Waals surface area contributed by atoms with E-state index >= 15 is 0 Å². The molecule has 0 radical (unpaired) electrons. The largest absolute Gasteiger partial charge is 0.478 e. The smallest absolute Gasteiger partial charge is 0.337 e. The molecule has 0 aliphatic carbocycles. The molecule has 0 fully saturated rings. The number of pyridine rings is 1. The van der Waals surface area contributed by atoms with Crippen LogP contribution in [0.5, 0.6) is 0 Å². The van der Waals surface area contributed by atoms with E-state index in [2.05, 4.69) is 4.98 Å². The van der Waals surface area contributed by atoms with E-state index in [4.69, 9.17) is 28.3 Å². The molecule has 94 valence electrons. The van der Waals surface area contributed by atoms with E-state index in [0.717, 1.165) is 0 Å². The fourth-order valence-corrected chi connectivity index (χ4v) is 1.78. The van der Waals surface area contributed by atoms with Crippen LogP contribution in [0.1, 0.15) is 10.4 Å². The molecule has 0 aliphatic rings. The molecule has 0 aliphatic heterocycles. The lowest BCUT2D eigenvalue weighted by atomic mass is 10.0. The lowest BCUT2D eigenvalue weighted by Gasteiger charge is -2.06. The fraction of sp³-hybridized carbons (Fsp3) is 0. The van der Waals surface area contributed by atoms with Gasteiger partial charge in [0.1, 0.15) is 0 Å². The second-order valence-corrected chi connectivity index (χ2v) is 4.17. The molecule has 0 unspecified atom stereocenters. The normalized spacial score (nSPS) is 9.67. The van der Waals surface area contributed by atoms with Crippen LogP contribution in [-0.4, -0.2) is 16.1 Å². The highest BCUT2D eigenvalue weighted by Crippen LogP contribution is 2.29. The quantitative estimate of drug-likeness (QED) is 0.905. The van der Waals surface area contributed by atoms with Crippen molar-refractivity contribution in [3.63, 3.8) is 0 Å². The monoisotopic (exact) mass is 303 g/mol. The van der Waals surface area contributed by atoms with Gasteiger partial charge in [0.05, 0.1) is 15.6 Å². The Kier molecular flexibility index (Phi) is 4.96. The van der Waals surface area contributed by atoms with Crippen molar-refractivity contribution in [1.29, 1.82) is 0 Å². The highest BCUT2D eigenvalue weighted by molar-refractivity contribution is 6.42. The number of carboxylic acids is 1. The van der Waals surface area contributed by atoms with E-state index in [0.29, 0.717) is 21.2 Å². The number of carboxylic acid groups (broad SMARTS) is 1. The SMILES string of the molecule is Cl.O=C(O)c1cnccc1-c1ccc(Cl)c(Cl)c1. The minimum atomic E-state index is -1.03. The summed E-state index contributed by atoms with van der Waals surface area (Å²) in [6, 6.07) is 6.61. The third kappa shape index (κ3) is 2.93. The lowest BCUT2D eigenvalue weighted by molar-refractivity contribution is 0.0697. The Morgan fingerprint density at radius 3 is 2.50 bits per heavy atom. The third-order valence-electron chi connectivity index (χ3n) is 2.28. The van der Waals surface area contributed by atoms with Crippen LogP contribution in [0.3, 0.4) is 0 Å². The van der Waals surface area contributed by atoms with Crippen molar-refractivity contribution in [2.24, 2.45) is 0 Å². The molecular weight excluding hydrogens is 296 g/mol. The van der Waals surface area contributed by atoms with Crippen molar-refractivity contribution in [2.75, 3.05) is 0 Å². The topological polar surface area (TPSA) is 50.2 Å². The summed E-state index contributed by atoms with van der Waals surface area (Å²) in [6.07, 6.45) is 2.84. The van der Waals surface area contributed by atoms with Crippen LogP contribution in [0.25, 0.3) is 11.1 Å². The Hall–Kier alpha value is -1.29. The average molecular weight is 305 g/mol. The average Bonchev–Trinajstić information content (AvgIpc) is 2.32. The summed E-state index contributed by atoms with van der Waals surface area (Å²) < 4.78 is 0. The summed E-state index contributed by atoms with van der Waals surface area (Å²) in [5, 5.41) is 9.87. The van der Waals surface area contributed by atoms with E-state index in [1.54, 1.807) is 24.3 Å². The van der Waals surface area contributed by atoms with Gasteiger partial charge >= 0.3 is 5.97 Å². The number of rotatable bonds is 2. The summed E-state index contributed by atoms with van der Waals surface area (Å²) in [5.41, 5.74) is 1.39. The van der Waals surface area contributed by atoms with Gasteiger partial charge < -0.3 is 5.11 Å². The predicted octanol–water partition coefficient (Wildman–Crippen LogP) is 4.18. The van der Waals surface area contributed by atoms with Gasteiger partial charge in [0.25, 0.3) is 0 Å². The number of nitrogens with zero attached hydrogens (tertiary/aromatic N) is 1. The predicted molar refractivity (Wildman–Crippen MR) is 73.9 cm³/mol. The molecule has 0 saturated heterocycles. The molecule has 2 aromatic rings. The first-order valence-corrected chi connectivity index (χ1v) is 5.48. The molecule has 0 amide bonds. The van der Waals surface area contributed by atoms with E-state index in [-0.39, 0.29) is 18.0 Å². The van der Waals surface area contributed by atoms with Crippen LogP contribution in [0.2, 0.25) is 10.0 Å². The number of hydrogen-bond donors (Lipinski definition) is 1. The van der Waals surface area contributed by atoms with E-state index in [1.165, 1.54) is 12.4 Å². The third-order valence-corrected chi connectivity index (χ3v) is 3.02. The van der Waals surface area contributed by atoms with E-state index < -0.39 is 5.97 Å². The summed E-state index contributed by atoms with van der Waals surface area (Å²) in [5.74, 6) is -1.03. The minimum absolute atomic E-state index is 0. The zero-order valence-corrected chi connectivity index (χ0v) is 11.3. The number of aromatic carboxylic acids is 1. The van der Waals surface area contributed by atoms with Crippen LogP contribution in [-0.2, 0) is 0 Å². The summed E-state index contributed by atoms with van der Waals surface area (Å²) >= 11 is 11.7. The van der Waals surface area contributed by atoms with Crippen LogP contribution in [0.15, 0.2) is 36.7 Å². The number of hydrogen-bond acceptors (Lipinski definition) is 2. The fourth-order valence-electron chi connectivity index (χ4n) is 1.48. The molecule has 1 N–H and O–H groups in total. The van der Waals surface area contributed by atoms with Crippen molar-refractivity contribution < 1.29 is 9.90 Å². The Morgan fingerprint density at radius 2 is 1.89 bits per heavy atom. The van der Waals surface area contributed by atoms with E-state index in [9.17, 15) is 4.79 Å². The van der Waals surface area contributed by atoms with Crippen molar-refractivity contribution in [2.45, 2.75) is 0 Å². The zero-order chi connectivity index (χ0) is 12.4. The first-order chi connectivity index (χ1) is 8.09. The van der Waals surface area contributed by atoms with Gasteiger partial charge in [0, 0.05) is 12.4 Å². The molecular formula is C12H8Cl3NO2. The second kappa shape index (κ2) is 6.05. The summed E-state index contributed by atoms with van der Waals surface area (Å²) in [6.45, 7) is 0. The van der Waals surface area contributed by atoms with Gasteiger partial charge in [-0.2, -0.15) is 0 Å². The lowest BCUT2D eigenvalue weighted by Crippen LogP contribution is -2.00. The maximum absolute atomic E-state index is 11.0. The standard InChI is InChI=1S/C12H7Cl2NO2.ClH/c13-10-2-1-7(5-11(10)14)8-3-4-15-6-9(8)12(16)17;/h1-6H,(H,16,17);1H. The van der Waals surface area contributed by atoms with Gasteiger partial charge in [-0.1, -0.05) is 29.3 Å². The van der Waals surface area contributed by atoms with E-state index in [1.807, 2.05) is 0 Å². The number of benzene rings is 1. The first kappa shape index (κ1) is 14.8. The maximum atomic E-state index is 11.0. The Bertz CT molecular complexity index is 587. The zero-order valence-electron chi connectivity index (χ0n) is 8.93. The van der Waals surface area contributed by atoms with Gasteiger partial charge in [-0.15, -0.1) is 12.4 Å². The van der Waals surface area contributed by atoms with Crippen molar-refractivity contribution >= 4 is 41.6 Å². The van der Waals surface area contributed by atoms with Gasteiger partial charge in [-0.25, -0.2) is 4.79 Å². The van der Waals surface area contributed by atoms with Crippen LogP contribution < -0.4 is 0 Å². The molecule has 1 heterocycles. The highest BCUT2D eigenvalue weighted by atomic mass is 35.5. The van der Waals surface area contributed by atoms with Crippen molar-refractivity contribution in [3.8, 4) is 11.1 Å². The van der Waals surface area contributed by atoms with Crippen LogP contribution >= 0.6 is 35.6 Å². The second-order valence-electron chi connectivity index (χ2n) is 3.36. The number of aromatic nitrogens is 1. The highest BCUT2D eigenvalue weighted by Gasteiger charge is 2.12. The molecule has 0 bridgehead atoms. The van der Waals surface area contributed by atoms with Gasteiger partial charge in [0.2, 0.25) is 0 Å². The van der Waals surface area contributed by atoms with Gasteiger partial charge in [0.15, 0.2) is 0 Å². The summed E-state index contributed by atoms with van der Waals surface area (Å²) in [4.78, 5) is 14.8. The Morgan fingerprint density at radius 1 is 1.17 bits per heavy atom. The Labute approximate surface area is 120 Å². The summed E-state index contributed by atoms with van der Waals surface area (Å²) in [7, 11) is 0. The van der Waals surface area contributed by atoms with Crippen LogP contribution in [0, 0.1) is 0 Å². The molecule has 1 aromatic heterocycles. The molecule has 18 heavy (non-hydrogen) atoms. The van der Waals surface area contributed by atoms with Crippen molar-refractivity contribution in [3.05, 3.63) is 52.3 Å².